The van der Waals surface area contributed by atoms with E-state index in [9.17, 15) is 19.8 Å². The van der Waals surface area contributed by atoms with Gasteiger partial charge in [-0.05, 0) is 12.3 Å². The zero-order chi connectivity index (χ0) is 17.0. The Morgan fingerprint density at radius 1 is 1.52 bits per heavy atom. The molecule has 5 atom stereocenters. The molecule has 5 N–H and O–H groups in total. The molecule has 0 amide bonds. The number of H-pyrrole nitrogens is 1. The number of aromatic amines is 1. The van der Waals surface area contributed by atoms with Crippen LogP contribution < -0.4 is 17.0 Å². The third-order valence-electron chi connectivity index (χ3n) is 3.73. The number of nitrogens with two attached hydrogens (primary N) is 1. The van der Waals surface area contributed by atoms with Gasteiger partial charge < -0.3 is 25.4 Å². The summed E-state index contributed by atoms with van der Waals surface area (Å²) < 4.78 is 12.3. The fraction of sp³-hybridized carbons (Fsp3) is 0.692. The number of ether oxygens (including phenoxy) is 2. The van der Waals surface area contributed by atoms with E-state index in [1.165, 1.54) is 6.20 Å². The lowest BCUT2D eigenvalue weighted by molar-refractivity contribution is -0.0796. The average Bonchev–Trinajstić information content (AvgIpc) is 2.84. The molecule has 2 heterocycles. The maximum absolute atomic E-state index is 11.9. The number of hydrogen-bond donors (Lipinski definition) is 5. The third-order valence-corrected chi connectivity index (χ3v) is 4.25. The molecule has 10 heteroatoms. The Kier molecular flexibility index (Phi) is 6.39. The van der Waals surface area contributed by atoms with E-state index in [0.29, 0.717) is 12.3 Å². The van der Waals surface area contributed by atoms with Crippen molar-refractivity contribution in [2.24, 2.45) is 11.7 Å². The predicted octanol–water partition coefficient (Wildman–Crippen LogP) is -2.32. The average molecular weight is 347 g/mol. The highest BCUT2D eigenvalue weighted by atomic mass is 32.1. The van der Waals surface area contributed by atoms with Crippen molar-refractivity contribution in [3.8, 4) is 0 Å². The first-order valence-corrected chi connectivity index (χ1v) is 7.83. The molecule has 2 rings (SSSR count). The highest BCUT2D eigenvalue weighted by Crippen LogP contribution is 2.30. The van der Waals surface area contributed by atoms with E-state index in [2.05, 4.69) is 17.6 Å². The molecule has 130 valence electrons. The van der Waals surface area contributed by atoms with Crippen molar-refractivity contribution >= 4 is 12.6 Å². The van der Waals surface area contributed by atoms with Crippen LogP contribution in [0.4, 0.5) is 0 Å². The van der Waals surface area contributed by atoms with Gasteiger partial charge in [0, 0.05) is 18.2 Å². The van der Waals surface area contributed by atoms with Crippen LogP contribution in [-0.4, -0.2) is 63.6 Å². The minimum Gasteiger partial charge on any atom is -0.394 e. The molecule has 0 aliphatic carbocycles. The van der Waals surface area contributed by atoms with Gasteiger partial charge in [0.25, 0.3) is 5.56 Å². The van der Waals surface area contributed by atoms with Crippen molar-refractivity contribution in [2.75, 3.05) is 25.5 Å². The lowest BCUT2D eigenvalue weighted by Crippen LogP contribution is -2.40. The lowest BCUT2D eigenvalue weighted by atomic mass is 10.1. The number of nitrogens with one attached hydrogen (secondary N) is 1. The van der Waals surface area contributed by atoms with Gasteiger partial charge >= 0.3 is 5.69 Å². The second-order valence-electron chi connectivity index (χ2n) is 5.34. The first-order chi connectivity index (χ1) is 11.0. The Labute approximate surface area is 137 Å². The van der Waals surface area contributed by atoms with Gasteiger partial charge in [0.2, 0.25) is 0 Å². The molecule has 1 saturated heterocycles. The zero-order valence-electron chi connectivity index (χ0n) is 12.4. The van der Waals surface area contributed by atoms with Crippen LogP contribution in [-0.2, 0) is 9.47 Å². The summed E-state index contributed by atoms with van der Waals surface area (Å²) in [5, 5.41) is 19.5. The lowest BCUT2D eigenvalue weighted by Gasteiger charge is -2.24. The molecule has 1 aromatic heterocycles. The van der Waals surface area contributed by atoms with Gasteiger partial charge in [-0.15, -0.1) is 0 Å². The predicted molar refractivity (Wildman–Crippen MR) is 84.5 cm³/mol. The molecule has 9 nitrogen and oxygen atoms in total. The number of aliphatic hydroxyl groups is 2. The summed E-state index contributed by atoms with van der Waals surface area (Å²) in [6.07, 6.45) is -2.61. The van der Waals surface area contributed by atoms with Crippen LogP contribution in [0.15, 0.2) is 21.9 Å². The Hall–Kier alpha value is -1.17. The summed E-state index contributed by atoms with van der Waals surface area (Å²) in [7, 11) is 0. The first kappa shape index (κ1) is 18.2. The van der Waals surface area contributed by atoms with Gasteiger partial charge in [0.15, 0.2) is 6.23 Å². The third kappa shape index (κ3) is 4.03. The molecule has 5 unspecified atom stereocenters. The molecule has 23 heavy (non-hydrogen) atoms. The molecule has 1 aliphatic rings. The number of aromatic nitrogens is 2. The van der Waals surface area contributed by atoms with Gasteiger partial charge in [-0.25, -0.2) is 4.79 Å². The molecular formula is C13H21N3O6S. The summed E-state index contributed by atoms with van der Waals surface area (Å²) in [6, 6.07) is 1.16. The monoisotopic (exact) mass is 347 g/mol. The SMILES string of the molecule is NCC(CS)COC1C(O)C(CO)OC1n1ccc(=O)[nH]c1=O. The fourth-order valence-electron chi connectivity index (χ4n) is 2.34. The van der Waals surface area contributed by atoms with Gasteiger partial charge in [0.05, 0.1) is 13.2 Å². The van der Waals surface area contributed by atoms with Crippen LogP contribution in [0.5, 0.6) is 0 Å². The highest BCUT2D eigenvalue weighted by Gasteiger charge is 2.45. The molecule has 0 aromatic carbocycles. The van der Waals surface area contributed by atoms with Gasteiger partial charge in [-0.3, -0.25) is 14.3 Å². The second kappa shape index (κ2) is 8.08. The van der Waals surface area contributed by atoms with E-state index in [-0.39, 0.29) is 12.5 Å². The largest absolute Gasteiger partial charge is 0.394 e. The minimum atomic E-state index is -1.12. The maximum atomic E-state index is 11.9. The Morgan fingerprint density at radius 3 is 2.83 bits per heavy atom. The van der Waals surface area contributed by atoms with Gasteiger partial charge in [-0.1, -0.05) is 0 Å². The van der Waals surface area contributed by atoms with E-state index >= 15 is 0 Å². The molecule has 1 aliphatic heterocycles. The number of rotatable bonds is 7. The van der Waals surface area contributed by atoms with E-state index in [0.717, 1.165) is 10.6 Å². The highest BCUT2D eigenvalue weighted by molar-refractivity contribution is 7.80. The van der Waals surface area contributed by atoms with Crippen molar-refractivity contribution in [2.45, 2.75) is 24.5 Å². The van der Waals surface area contributed by atoms with Crippen molar-refractivity contribution < 1.29 is 19.7 Å². The van der Waals surface area contributed by atoms with Crippen molar-refractivity contribution in [3.05, 3.63) is 33.1 Å². The summed E-state index contributed by atoms with van der Waals surface area (Å²) in [5.74, 6) is 0.485. The van der Waals surface area contributed by atoms with Crippen LogP contribution in [0.25, 0.3) is 0 Å². The van der Waals surface area contributed by atoms with Crippen LogP contribution in [0.2, 0.25) is 0 Å². The summed E-state index contributed by atoms with van der Waals surface area (Å²) in [4.78, 5) is 25.2. The summed E-state index contributed by atoms with van der Waals surface area (Å²) >= 11 is 4.16. The standard InChI is InChI=1S/C13H21N3O6S/c14-3-7(6-23)5-21-11-10(19)8(4-17)22-12(11)16-2-1-9(18)15-13(16)20/h1-2,7-8,10-12,17,19,23H,3-6,14H2,(H,15,18,20). The molecule has 0 radical (unpaired) electrons. The second-order valence-corrected chi connectivity index (χ2v) is 5.70. The van der Waals surface area contributed by atoms with Crippen LogP contribution in [0.3, 0.4) is 0 Å². The first-order valence-electron chi connectivity index (χ1n) is 7.20. The van der Waals surface area contributed by atoms with Crippen molar-refractivity contribution in [1.29, 1.82) is 0 Å². The van der Waals surface area contributed by atoms with Crippen LogP contribution in [0, 0.1) is 5.92 Å². The Morgan fingerprint density at radius 2 is 2.26 bits per heavy atom. The number of aliphatic hydroxyl groups excluding tert-OH is 2. The van der Waals surface area contributed by atoms with Gasteiger partial charge in [-0.2, -0.15) is 12.6 Å². The quantitative estimate of drug-likeness (QED) is 0.349. The fourth-order valence-corrected chi connectivity index (χ4v) is 2.60. The molecule has 0 bridgehead atoms. The molecule has 0 spiro atoms. The van der Waals surface area contributed by atoms with E-state index in [4.69, 9.17) is 15.2 Å². The number of nitrogens with zero attached hydrogens (tertiary/aromatic N) is 1. The number of hydrogen-bond acceptors (Lipinski definition) is 8. The summed E-state index contributed by atoms with van der Waals surface area (Å²) in [6.45, 7) is 0.153. The van der Waals surface area contributed by atoms with Crippen LogP contribution in [0.1, 0.15) is 6.23 Å². The van der Waals surface area contributed by atoms with E-state index < -0.39 is 42.4 Å². The summed E-state index contributed by atoms with van der Waals surface area (Å²) in [5.41, 5.74) is 4.35. The Bertz CT molecular complexity index is 616. The molecule has 0 saturated carbocycles. The van der Waals surface area contributed by atoms with Crippen LogP contribution >= 0.6 is 12.6 Å². The normalized spacial score (nSPS) is 28.9. The molecule has 1 fully saturated rings. The maximum Gasteiger partial charge on any atom is 0.330 e. The van der Waals surface area contributed by atoms with E-state index in [1.54, 1.807) is 0 Å². The smallest absolute Gasteiger partial charge is 0.330 e. The molecular weight excluding hydrogens is 326 g/mol. The number of thiol groups is 1. The van der Waals surface area contributed by atoms with E-state index in [1.807, 2.05) is 0 Å². The van der Waals surface area contributed by atoms with Gasteiger partial charge in [0.1, 0.15) is 18.3 Å². The molecule has 1 aromatic rings. The zero-order valence-corrected chi connectivity index (χ0v) is 13.3. The topological polar surface area (TPSA) is 140 Å². The van der Waals surface area contributed by atoms with Crippen molar-refractivity contribution in [1.82, 2.24) is 9.55 Å². The van der Waals surface area contributed by atoms with Crippen molar-refractivity contribution in [3.63, 3.8) is 0 Å². The Balaban J connectivity index is 2.23. The minimum absolute atomic E-state index is 0.0216.